The summed E-state index contributed by atoms with van der Waals surface area (Å²) in [6.45, 7) is 0.451. The SMILES string of the molecule is CSCCN(C)S(=O)(=O)c1cnc(Cl)nc1. The summed E-state index contributed by atoms with van der Waals surface area (Å²) in [4.78, 5) is 7.36. The molecule has 0 saturated carbocycles. The maximum Gasteiger partial charge on any atom is 0.245 e. The molecule has 0 amide bonds. The monoisotopic (exact) mass is 281 g/mol. The molecule has 0 aliphatic rings. The lowest BCUT2D eigenvalue weighted by molar-refractivity contribution is 0.488. The highest BCUT2D eigenvalue weighted by Gasteiger charge is 2.20. The summed E-state index contributed by atoms with van der Waals surface area (Å²) < 4.78 is 25.2. The summed E-state index contributed by atoms with van der Waals surface area (Å²) in [6.07, 6.45) is 4.34. The largest absolute Gasteiger partial charge is 0.245 e. The third kappa shape index (κ3) is 3.31. The Labute approximate surface area is 104 Å². The lowest BCUT2D eigenvalue weighted by atomic mass is 10.7. The number of hydrogen-bond donors (Lipinski definition) is 0. The lowest BCUT2D eigenvalue weighted by Crippen LogP contribution is -2.29. The van der Waals surface area contributed by atoms with E-state index in [1.807, 2.05) is 6.26 Å². The van der Waals surface area contributed by atoms with Gasteiger partial charge in [0.15, 0.2) is 0 Å². The molecule has 90 valence electrons. The van der Waals surface area contributed by atoms with Crippen molar-refractivity contribution in [2.75, 3.05) is 25.6 Å². The number of aromatic nitrogens is 2. The van der Waals surface area contributed by atoms with Gasteiger partial charge in [-0.15, -0.1) is 0 Å². The molecule has 8 heteroatoms. The van der Waals surface area contributed by atoms with Crippen LogP contribution in [0.2, 0.25) is 5.28 Å². The Kier molecular flexibility index (Phi) is 4.97. The van der Waals surface area contributed by atoms with Gasteiger partial charge in [-0.25, -0.2) is 22.7 Å². The predicted molar refractivity (Wildman–Crippen MR) is 65.2 cm³/mol. The van der Waals surface area contributed by atoms with Gasteiger partial charge in [-0.3, -0.25) is 0 Å². The predicted octanol–water partition coefficient (Wildman–Crippen LogP) is 1.11. The van der Waals surface area contributed by atoms with E-state index >= 15 is 0 Å². The van der Waals surface area contributed by atoms with Gasteiger partial charge in [0.25, 0.3) is 0 Å². The van der Waals surface area contributed by atoms with E-state index in [1.165, 1.54) is 23.7 Å². The van der Waals surface area contributed by atoms with Gasteiger partial charge in [0.2, 0.25) is 15.3 Å². The summed E-state index contributed by atoms with van der Waals surface area (Å²) in [5.74, 6) is 0.740. The van der Waals surface area contributed by atoms with E-state index in [2.05, 4.69) is 9.97 Å². The number of halogens is 1. The molecule has 0 fully saturated rings. The van der Waals surface area contributed by atoms with Crippen LogP contribution in [0, 0.1) is 0 Å². The summed E-state index contributed by atoms with van der Waals surface area (Å²) in [5.41, 5.74) is 0. The lowest BCUT2D eigenvalue weighted by Gasteiger charge is -2.15. The van der Waals surface area contributed by atoms with Crippen LogP contribution in [0.3, 0.4) is 0 Å². The Morgan fingerprint density at radius 1 is 1.44 bits per heavy atom. The highest BCUT2D eigenvalue weighted by atomic mass is 35.5. The van der Waals surface area contributed by atoms with Crippen LogP contribution in [0.4, 0.5) is 0 Å². The molecule has 1 aromatic heterocycles. The fraction of sp³-hybridized carbons (Fsp3) is 0.500. The first-order valence-corrected chi connectivity index (χ1v) is 7.62. The molecule has 1 rings (SSSR count). The van der Waals surface area contributed by atoms with Gasteiger partial charge in [0.1, 0.15) is 4.90 Å². The number of sulfonamides is 1. The van der Waals surface area contributed by atoms with Crippen LogP contribution in [0.5, 0.6) is 0 Å². The summed E-state index contributed by atoms with van der Waals surface area (Å²) in [6, 6.07) is 0. The quantitative estimate of drug-likeness (QED) is 0.757. The fourth-order valence-corrected chi connectivity index (χ4v) is 2.69. The van der Waals surface area contributed by atoms with Crippen molar-refractivity contribution in [3.63, 3.8) is 0 Å². The van der Waals surface area contributed by atoms with Crippen molar-refractivity contribution in [3.8, 4) is 0 Å². The molecule has 0 aromatic carbocycles. The molecule has 0 aliphatic carbocycles. The molecular weight excluding hydrogens is 270 g/mol. The zero-order valence-electron chi connectivity index (χ0n) is 8.92. The van der Waals surface area contributed by atoms with Crippen LogP contribution in [-0.2, 0) is 10.0 Å². The van der Waals surface area contributed by atoms with Crippen LogP contribution in [0.25, 0.3) is 0 Å². The third-order valence-corrected chi connectivity index (χ3v) is 4.51. The summed E-state index contributed by atoms with van der Waals surface area (Å²) in [5, 5.41) is 0.0331. The van der Waals surface area contributed by atoms with Gasteiger partial charge in [-0.05, 0) is 17.9 Å². The van der Waals surface area contributed by atoms with E-state index < -0.39 is 10.0 Å². The Hall–Kier alpha value is -0.370. The topological polar surface area (TPSA) is 63.2 Å². The van der Waals surface area contributed by atoms with Crippen LogP contribution < -0.4 is 0 Å². The Morgan fingerprint density at radius 3 is 2.50 bits per heavy atom. The van der Waals surface area contributed by atoms with Crippen molar-refractivity contribution in [1.29, 1.82) is 0 Å². The minimum Gasteiger partial charge on any atom is -0.225 e. The highest BCUT2D eigenvalue weighted by Crippen LogP contribution is 2.13. The number of thioether (sulfide) groups is 1. The van der Waals surface area contributed by atoms with E-state index in [-0.39, 0.29) is 10.2 Å². The molecule has 0 aliphatic heterocycles. The van der Waals surface area contributed by atoms with Crippen molar-refractivity contribution in [3.05, 3.63) is 17.7 Å². The number of rotatable bonds is 5. The maximum absolute atomic E-state index is 11.9. The van der Waals surface area contributed by atoms with Gasteiger partial charge in [-0.2, -0.15) is 11.8 Å². The number of nitrogens with zero attached hydrogens (tertiary/aromatic N) is 3. The first-order chi connectivity index (χ1) is 7.48. The molecule has 1 aromatic rings. The first kappa shape index (κ1) is 13.7. The van der Waals surface area contributed by atoms with Crippen molar-refractivity contribution >= 4 is 33.4 Å². The van der Waals surface area contributed by atoms with Crippen molar-refractivity contribution < 1.29 is 8.42 Å². The average molecular weight is 282 g/mol. The second-order valence-electron chi connectivity index (χ2n) is 3.01. The zero-order chi connectivity index (χ0) is 12.2. The molecule has 0 spiro atoms. The van der Waals surface area contributed by atoms with Crippen molar-refractivity contribution in [2.45, 2.75) is 4.90 Å². The maximum atomic E-state index is 11.9. The zero-order valence-corrected chi connectivity index (χ0v) is 11.3. The van der Waals surface area contributed by atoms with Crippen LogP contribution in [0.1, 0.15) is 0 Å². The van der Waals surface area contributed by atoms with Crippen LogP contribution in [0.15, 0.2) is 17.3 Å². The molecular formula is C8H12ClN3O2S2. The summed E-state index contributed by atoms with van der Waals surface area (Å²) >= 11 is 7.08. The molecule has 0 atom stereocenters. The van der Waals surface area contributed by atoms with Crippen LogP contribution >= 0.6 is 23.4 Å². The molecule has 0 bridgehead atoms. The second kappa shape index (κ2) is 5.81. The van der Waals surface area contributed by atoms with E-state index in [4.69, 9.17) is 11.6 Å². The second-order valence-corrected chi connectivity index (χ2v) is 6.38. The van der Waals surface area contributed by atoms with Crippen LogP contribution in [-0.4, -0.2) is 48.3 Å². The normalized spacial score (nSPS) is 12.0. The fourth-order valence-electron chi connectivity index (χ4n) is 0.954. The van der Waals surface area contributed by atoms with Gasteiger partial charge in [0.05, 0.1) is 12.4 Å². The van der Waals surface area contributed by atoms with Gasteiger partial charge >= 0.3 is 0 Å². The molecule has 5 nitrogen and oxygen atoms in total. The van der Waals surface area contributed by atoms with Gasteiger partial charge in [-0.1, -0.05) is 0 Å². The Balaban J connectivity index is 2.89. The number of hydrogen-bond acceptors (Lipinski definition) is 5. The smallest absolute Gasteiger partial charge is 0.225 e. The van der Waals surface area contributed by atoms with Crippen molar-refractivity contribution in [1.82, 2.24) is 14.3 Å². The van der Waals surface area contributed by atoms with Gasteiger partial charge in [0, 0.05) is 19.3 Å². The van der Waals surface area contributed by atoms with E-state index in [1.54, 1.807) is 11.8 Å². The molecule has 0 unspecified atom stereocenters. The van der Waals surface area contributed by atoms with E-state index in [0.29, 0.717) is 6.54 Å². The minimum atomic E-state index is -3.49. The van der Waals surface area contributed by atoms with E-state index in [9.17, 15) is 8.42 Å². The third-order valence-electron chi connectivity index (χ3n) is 1.92. The highest BCUT2D eigenvalue weighted by molar-refractivity contribution is 7.98. The Bertz CT molecular complexity index is 435. The minimum absolute atomic E-state index is 0.0331. The standard InChI is InChI=1S/C8H12ClN3O2S2/c1-12(3-4-15-2)16(13,14)7-5-10-8(9)11-6-7/h5-6H,3-4H2,1-2H3. The molecule has 16 heavy (non-hydrogen) atoms. The van der Waals surface area contributed by atoms with Gasteiger partial charge < -0.3 is 0 Å². The molecule has 0 saturated heterocycles. The average Bonchev–Trinajstić information content (AvgIpc) is 2.26. The molecule has 0 N–H and O–H groups in total. The summed E-state index contributed by atoms with van der Waals surface area (Å²) in [7, 11) is -1.96. The molecule has 1 heterocycles. The van der Waals surface area contributed by atoms with E-state index in [0.717, 1.165) is 5.75 Å². The van der Waals surface area contributed by atoms with Crippen molar-refractivity contribution in [2.24, 2.45) is 0 Å². The molecule has 0 radical (unpaired) electrons. The Morgan fingerprint density at radius 2 is 2.00 bits per heavy atom. The first-order valence-electron chi connectivity index (χ1n) is 4.41.